The summed E-state index contributed by atoms with van der Waals surface area (Å²) in [4.78, 5) is 12.2. The second kappa shape index (κ2) is 6.67. The molecule has 28 heavy (non-hydrogen) atoms. The summed E-state index contributed by atoms with van der Waals surface area (Å²) in [6.45, 7) is 0.571. The average Bonchev–Trinajstić information content (AvgIpc) is 3.40. The molecule has 1 fully saturated rings. The summed E-state index contributed by atoms with van der Waals surface area (Å²) in [6, 6.07) is 5.92. The van der Waals surface area contributed by atoms with E-state index in [9.17, 15) is 18.4 Å². The van der Waals surface area contributed by atoms with E-state index >= 15 is 0 Å². The maximum absolute atomic E-state index is 13.5. The smallest absolute Gasteiger partial charge is 0.382 e. The normalized spacial score (nSPS) is 14.2. The molecule has 144 valence electrons. The van der Waals surface area contributed by atoms with Gasteiger partial charge in [0.2, 0.25) is 0 Å². The lowest BCUT2D eigenvalue weighted by atomic mass is 10.1. The largest absolute Gasteiger partial charge is 0.418 e. The van der Waals surface area contributed by atoms with Crippen molar-refractivity contribution in [2.45, 2.75) is 32.1 Å². The Labute approximate surface area is 158 Å². The molecule has 0 radical (unpaired) electrons. The van der Waals surface area contributed by atoms with Gasteiger partial charge in [0, 0.05) is 6.54 Å². The van der Waals surface area contributed by atoms with Crippen LogP contribution in [-0.4, -0.2) is 19.5 Å². The second-order valence-corrected chi connectivity index (χ2v) is 6.70. The van der Waals surface area contributed by atoms with Crippen LogP contribution >= 0.6 is 0 Å². The zero-order chi connectivity index (χ0) is 19.9. The lowest BCUT2D eigenvalue weighted by Gasteiger charge is -2.14. The molecule has 0 atom stereocenters. The predicted octanol–water partition coefficient (Wildman–Crippen LogP) is 3.32. The number of benzene rings is 1. The van der Waals surface area contributed by atoms with E-state index in [-0.39, 0.29) is 34.8 Å². The molecule has 0 saturated heterocycles. The first-order valence-electron chi connectivity index (χ1n) is 8.68. The molecule has 1 aliphatic rings. The highest BCUT2D eigenvalue weighted by Crippen LogP contribution is 2.38. The van der Waals surface area contributed by atoms with E-state index < -0.39 is 11.7 Å². The zero-order valence-corrected chi connectivity index (χ0v) is 14.7. The summed E-state index contributed by atoms with van der Waals surface area (Å²) in [5, 5.41) is 12.2. The molecule has 2 heterocycles. The highest BCUT2D eigenvalue weighted by Gasteiger charge is 2.35. The van der Waals surface area contributed by atoms with Crippen LogP contribution in [0.15, 0.2) is 24.5 Å². The van der Waals surface area contributed by atoms with Crippen LogP contribution in [-0.2, 0) is 19.3 Å². The molecule has 0 unspecified atom stereocenters. The van der Waals surface area contributed by atoms with Gasteiger partial charge in [-0.1, -0.05) is 6.07 Å². The Kier molecular flexibility index (Phi) is 4.30. The number of imidazole rings is 1. The molecular weight excluding hydrogens is 371 g/mol. The van der Waals surface area contributed by atoms with Crippen molar-refractivity contribution in [2.24, 2.45) is 5.92 Å². The summed E-state index contributed by atoms with van der Waals surface area (Å²) in [6.07, 6.45) is -1.28. The minimum absolute atomic E-state index is 0.0332. The van der Waals surface area contributed by atoms with E-state index in [0.29, 0.717) is 18.3 Å². The van der Waals surface area contributed by atoms with Gasteiger partial charge in [-0.2, -0.15) is 18.4 Å². The fourth-order valence-corrected chi connectivity index (χ4v) is 3.16. The second-order valence-electron chi connectivity index (χ2n) is 6.70. The van der Waals surface area contributed by atoms with Gasteiger partial charge >= 0.3 is 6.18 Å². The molecule has 0 bridgehead atoms. The van der Waals surface area contributed by atoms with Crippen molar-refractivity contribution in [3.63, 3.8) is 0 Å². The Morgan fingerprint density at radius 1 is 1.29 bits per heavy atom. The minimum Gasteiger partial charge on any atom is -0.382 e. The number of aromatic nitrogens is 4. The standard InChI is InChI=1S/C18H16F3N7/c19-18(20,21)12-2-1-3-13-15(12)28(8-10-4-5-10)14(27-13)7-24-17-11(6-22)16(23)25-9-26-17/h1-3,9-10H,4-5,7-8H2,(H3,23,24,25,26). The fourth-order valence-electron chi connectivity index (χ4n) is 3.16. The third-order valence-electron chi connectivity index (χ3n) is 4.69. The molecule has 0 aliphatic heterocycles. The molecule has 1 aliphatic carbocycles. The monoisotopic (exact) mass is 387 g/mol. The molecule has 3 N–H and O–H groups in total. The van der Waals surface area contributed by atoms with Crippen LogP contribution in [0.3, 0.4) is 0 Å². The molecule has 3 aromatic rings. The van der Waals surface area contributed by atoms with Crippen molar-refractivity contribution in [1.82, 2.24) is 19.5 Å². The molecule has 2 aromatic heterocycles. The third kappa shape index (κ3) is 3.31. The minimum atomic E-state index is -4.47. The van der Waals surface area contributed by atoms with Gasteiger partial charge in [-0.25, -0.2) is 15.0 Å². The average molecular weight is 387 g/mol. The number of nitriles is 1. The summed E-state index contributed by atoms with van der Waals surface area (Å²) in [5.41, 5.74) is 5.43. The highest BCUT2D eigenvalue weighted by molar-refractivity contribution is 5.80. The van der Waals surface area contributed by atoms with Gasteiger partial charge in [0.15, 0.2) is 0 Å². The lowest BCUT2D eigenvalue weighted by Crippen LogP contribution is -2.14. The Bertz CT molecular complexity index is 1080. The number of nitrogens with zero attached hydrogens (tertiary/aromatic N) is 5. The Balaban J connectivity index is 1.75. The number of nitrogen functional groups attached to an aromatic ring is 1. The topological polar surface area (TPSA) is 105 Å². The first-order valence-corrected chi connectivity index (χ1v) is 8.68. The summed E-state index contributed by atoms with van der Waals surface area (Å²) in [5.74, 6) is 1.04. The van der Waals surface area contributed by atoms with Crippen molar-refractivity contribution in [2.75, 3.05) is 11.1 Å². The number of fused-ring (bicyclic) bond motifs is 1. The number of rotatable bonds is 5. The van der Waals surface area contributed by atoms with Crippen molar-refractivity contribution in [1.29, 1.82) is 5.26 Å². The Hall–Kier alpha value is -3.35. The van der Waals surface area contributed by atoms with Crippen molar-refractivity contribution in [3.05, 3.63) is 41.5 Å². The molecule has 1 aromatic carbocycles. The maximum Gasteiger partial charge on any atom is 0.418 e. The first kappa shape index (κ1) is 18.0. The van der Waals surface area contributed by atoms with E-state index in [4.69, 9.17) is 5.73 Å². The van der Waals surface area contributed by atoms with Crippen LogP contribution in [0.1, 0.15) is 29.8 Å². The molecule has 10 heteroatoms. The van der Waals surface area contributed by atoms with Crippen LogP contribution in [0.4, 0.5) is 24.8 Å². The SMILES string of the molecule is N#Cc1c(N)ncnc1NCc1nc2cccc(C(F)(F)F)c2n1CC1CC1. The maximum atomic E-state index is 13.5. The molecule has 7 nitrogen and oxygen atoms in total. The number of para-hydroxylation sites is 1. The molecule has 0 amide bonds. The van der Waals surface area contributed by atoms with E-state index in [2.05, 4.69) is 20.3 Å². The van der Waals surface area contributed by atoms with Gasteiger partial charge in [-0.3, -0.25) is 0 Å². The molecular formula is C18H16F3N7. The van der Waals surface area contributed by atoms with E-state index in [1.807, 2.05) is 6.07 Å². The van der Waals surface area contributed by atoms with E-state index in [0.717, 1.165) is 18.9 Å². The third-order valence-corrected chi connectivity index (χ3v) is 4.69. The number of nitrogens with one attached hydrogen (secondary N) is 1. The van der Waals surface area contributed by atoms with Crippen LogP contribution in [0.2, 0.25) is 0 Å². The number of anilines is 2. The van der Waals surface area contributed by atoms with Crippen LogP contribution in [0.25, 0.3) is 11.0 Å². The van der Waals surface area contributed by atoms with Crippen LogP contribution < -0.4 is 11.1 Å². The summed E-state index contributed by atoms with van der Waals surface area (Å²) < 4.78 is 42.2. The fraction of sp³-hybridized carbons (Fsp3) is 0.333. The number of alkyl halides is 3. The van der Waals surface area contributed by atoms with E-state index in [1.54, 1.807) is 10.6 Å². The van der Waals surface area contributed by atoms with Gasteiger partial charge in [0.25, 0.3) is 0 Å². The number of nitrogens with two attached hydrogens (primary N) is 1. The zero-order valence-electron chi connectivity index (χ0n) is 14.7. The summed E-state index contributed by atoms with van der Waals surface area (Å²) >= 11 is 0. The van der Waals surface area contributed by atoms with Gasteiger partial charge in [0.05, 0.1) is 23.1 Å². The van der Waals surface area contributed by atoms with Gasteiger partial charge in [0.1, 0.15) is 35.4 Å². The first-order chi connectivity index (χ1) is 13.4. The number of halogens is 3. The molecule has 0 spiro atoms. The van der Waals surface area contributed by atoms with Crippen LogP contribution in [0.5, 0.6) is 0 Å². The quantitative estimate of drug-likeness (QED) is 0.696. The summed E-state index contributed by atoms with van der Waals surface area (Å²) in [7, 11) is 0. The molecule has 4 rings (SSSR count). The predicted molar refractivity (Wildman–Crippen MR) is 95.9 cm³/mol. The van der Waals surface area contributed by atoms with Crippen molar-refractivity contribution >= 4 is 22.7 Å². The molecule has 1 saturated carbocycles. The van der Waals surface area contributed by atoms with Gasteiger partial charge < -0.3 is 15.6 Å². The van der Waals surface area contributed by atoms with Crippen molar-refractivity contribution in [3.8, 4) is 6.07 Å². The number of hydrogen-bond donors (Lipinski definition) is 2. The Morgan fingerprint density at radius 2 is 2.07 bits per heavy atom. The number of hydrogen-bond acceptors (Lipinski definition) is 6. The lowest BCUT2D eigenvalue weighted by molar-refractivity contribution is -0.136. The Morgan fingerprint density at radius 3 is 2.75 bits per heavy atom. The van der Waals surface area contributed by atoms with Crippen LogP contribution in [0, 0.1) is 17.2 Å². The van der Waals surface area contributed by atoms with Crippen molar-refractivity contribution < 1.29 is 13.2 Å². The van der Waals surface area contributed by atoms with E-state index in [1.165, 1.54) is 12.4 Å². The van der Waals surface area contributed by atoms with Gasteiger partial charge in [-0.15, -0.1) is 0 Å². The highest BCUT2D eigenvalue weighted by atomic mass is 19.4. The van der Waals surface area contributed by atoms with Gasteiger partial charge in [-0.05, 0) is 30.9 Å².